The Morgan fingerprint density at radius 2 is 2.00 bits per heavy atom. The van der Waals surface area contributed by atoms with Gasteiger partial charge < -0.3 is 16.6 Å². The van der Waals surface area contributed by atoms with Crippen LogP contribution in [0.25, 0.3) is 22.0 Å². The van der Waals surface area contributed by atoms with E-state index < -0.39 is 5.91 Å². The number of nitrogens with zero attached hydrogens (tertiary/aromatic N) is 2. The first kappa shape index (κ1) is 13.0. The maximum atomic E-state index is 11.1. The summed E-state index contributed by atoms with van der Waals surface area (Å²) in [6.45, 7) is -0.0437. The van der Waals surface area contributed by atoms with Gasteiger partial charge in [0.25, 0.3) is 0 Å². The van der Waals surface area contributed by atoms with Crippen LogP contribution < -0.4 is 11.5 Å². The summed E-state index contributed by atoms with van der Waals surface area (Å²) in [6.07, 6.45) is 0. The maximum Gasteiger partial charge on any atom is 0.239 e. The number of para-hydroxylation sites is 1. The predicted octanol–water partition coefficient (Wildman–Crippen LogP) is 1.48. The molecule has 106 valence electrons. The Morgan fingerprint density at radius 3 is 2.71 bits per heavy atom. The van der Waals surface area contributed by atoms with Gasteiger partial charge in [0.05, 0.1) is 5.52 Å². The molecular weight excluding hydrogens is 268 g/mol. The number of amides is 1. The molecule has 3 rings (SSSR count). The summed E-state index contributed by atoms with van der Waals surface area (Å²) in [4.78, 5) is 11.1. The molecule has 0 aliphatic rings. The minimum Gasteiger partial charge on any atom is -0.507 e. The van der Waals surface area contributed by atoms with Crippen molar-refractivity contribution in [3.8, 4) is 16.9 Å². The molecule has 1 heterocycles. The average molecular weight is 282 g/mol. The summed E-state index contributed by atoms with van der Waals surface area (Å²) in [7, 11) is 0. The van der Waals surface area contributed by atoms with Gasteiger partial charge in [-0.05, 0) is 23.8 Å². The van der Waals surface area contributed by atoms with E-state index in [1.807, 2.05) is 30.3 Å². The minimum atomic E-state index is -0.493. The fraction of sp³-hybridized carbons (Fsp3) is 0.0667. The van der Waals surface area contributed by atoms with Crippen LogP contribution in [0.4, 0.5) is 5.82 Å². The van der Waals surface area contributed by atoms with Gasteiger partial charge >= 0.3 is 0 Å². The van der Waals surface area contributed by atoms with Gasteiger partial charge in [0.2, 0.25) is 5.91 Å². The van der Waals surface area contributed by atoms with Gasteiger partial charge in [0.1, 0.15) is 12.3 Å². The molecule has 0 fully saturated rings. The molecule has 5 N–H and O–H groups in total. The Balaban J connectivity index is 2.19. The lowest BCUT2D eigenvalue weighted by molar-refractivity contribution is -0.118. The normalized spacial score (nSPS) is 10.9. The van der Waals surface area contributed by atoms with Crippen LogP contribution in [-0.2, 0) is 11.3 Å². The number of fused-ring (bicyclic) bond motifs is 1. The van der Waals surface area contributed by atoms with Gasteiger partial charge in [-0.1, -0.05) is 24.3 Å². The molecule has 1 aromatic heterocycles. The Labute approximate surface area is 120 Å². The number of hydrogen-bond acceptors (Lipinski definition) is 4. The van der Waals surface area contributed by atoms with Crippen LogP contribution in [-0.4, -0.2) is 20.8 Å². The fourth-order valence-electron chi connectivity index (χ4n) is 2.35. The number of nitrogen functional groups attached to an aromatic ring is 1. The molecule has 0 spiro atoms. The van der Waals surface area contributed by atoms with Crippen LogP contribution in [0.5, 0.6) is 5.75 Å². The zero-order valence-electron chi connectivity index (χ0n) is 11.2. The third-order valence-corrected chi connectivity index (χ3v) is 3.30. The van der Waals surface area contributed by atoms with E-state index >= 15 is 0 Å². The van der Waals surface area contributed by atoms with Gasteiger partial charge in [-0.25, -0.2) is 0 Å². The molecule has 1 amide bonds. The second-order valence-electron chi connectivity index (χ2n) is 4.76. The largest absolute Gasteiger partial charge is 0.507 e. The number of carbonyl (C=O) groups is 1. The summed E-state index contributed by atoms with van der Waals surface area (Å²) < 4.78 is 1.47. The number of phenols is 1. The van der Waals surface area contributed by atoms with Crippen LogP contribution in [0.1, 0.15) is 0 Å². The highest BCUT2D eigenvalue weighted by Gasteiger charge is 2.12. The Bertz CT molecular complexity index is 839. The summed E-state index contributed by atoms with van der Waals surface area (Å²) in [5.74, 6) is 0.0354. The SMILES string of the molecule is NC(=O)Cn1nc(N)c2ccc(-c3ccccc3O)cc21. The smallest absolute Gasteiger partial charge is 0.239 e. The molecule has 6 nitrogen and oxygen atoms in total. The number of anilines is 1. The van der Waals surface area contributed by atoms with Gasteiger partial charge in [-0.3, -0.25) is 9.48 Å². The second-order valence-corrected chi connectivity index (χ2v) is 4.76. The van der Waals surface area contributed by atoms with Crippen molar-refractivity contribution in [2.45, 2.75) is 6.54 Å². The molecule has 6 heteroatoms. The standard InChI is InChI=1S/C15H14N4O2/c16-14(21)8-19-12-7-9(5-6-11(12)15(17)18-19)10-3-1-2-4-13(10)20/h1-7,20H,8H2,(H2,16,21)(H2,17,18). The van der Waals surface area contributed by atoms with Crippen LogP contribution in [0.2, 0.25) is 0 Å². The number of aromatic hydroxyl groups is 1. The number of phenolic OH excluding ortho intramolecular Hbond substituents is 1. The minimum absolute atomic E-state index is 0.0437. The number of primary amides is 1. The van der Waals surface area contributed by atoms with Crippen molar-refractivity contribution in [3.05, 3.63) is 42.5 Å². The molecule has 0 aliphatic heterocycles. The number of rotatable bonds is 3. The zero-order valence-corrected chi connectivity index (χ0v) is 11.2. The van der Waals surface area contributed by atoms with Crippen molar-refractivity contribution in [2.75, 3.05) is 5.73 Å². The van der Waals surface area contributed by atoms with E-state index in [-0.39, 0.29) is 12.3 Å². The summed E-state index contributed by atoms with van der Waals surface area (Å²) in [5, 5.41) is 14.8. The molecule has 0 aliphatic carbocycles. The Kier molecular flexibility index (Phi) is 2.98. The van der Waals surface area contributed by atoms with Crippen LogP contribution in [0.15, 0.2) is 42.5 Å². The number of benzene rings is 2. The molecule has 0 radical (unpaired) electrons. The van der Waals surface area contributed by atoms with Crippen molar-refractivity contribution in [3.63, 3.8) is 0 Å². The van der Waals surface area contributed by atoms with Gasteiger partial charge in [0, 0.05) is 10.9 Å². The van der Waals surface area contributed by atoms with Gasteiger partial charge in [-0.15, -0.1) is 0 Å². The molecule has 2 aromatic carbocycles. The van der Waals surface area contributed by atoms with Crippen LogP contribution >= 0.6 is 0 Å². The Morgan fingerprint density at radius 1 is 1.24 bits per heavy atom. The first-order chi connectivity index (χ1) is 10.1. The van der Waals surface area contributed by atoms with E-state index in [0.717, 1.165) is 10.9 Å². The molecule has 0 saturated heterocycles. The molecule has 0 unspecified atom stereocenters. The zero-order chi connectivity index (χ0) is 15.0. The third kappa shape index (κ3) is 2.27. The second kappa shape index (κ2) is 4.82. The first-order valence-electron chi connectivity index (χ1n) is 6.39. The van der Waals surface area contributed by atoms with E-state index in [4.69, 9.17) is 11.5 Å². The van der Waals surface area contributed by atoms with Crippen molar-refractivity contribution in [1.29, 1.82) is 0 Å². The Hall–Kier alpha value is -3.02. The lowest BCUT2D eigenvalue weighted by Gasteiger charge is -2.06. The van der Waals surface area contributed by atoms with Gasteiger partial charge in [0.15, 0.2) is 5.82 Å². The van der Waals surface area contributed by atoms with Crippen molar-refractivity contribution in [1.82, 2.24) is 9.78 Å². The average Bonchev–Trinajstić information content (AvgIpc) is 2.75. The van der Waals surface area contributed by atoms with Crippen LogP contribution in [0.3, 0.4) is 0 Å². The van der Waals surface area contributed by atoms with Crippen molar-refractivity contribution >= 4 is 22.6 Å². The highest BCUT2D eigenvalue weighted by molar-refractivity contribution is 5.93. The quantitative estimate of drug-likeness (QED) is 0.676. The monoisotopic (exact) mass is 282 g/mol. The number of aromatic nitrogens is 2. The fourth-order valence-corrected chi connectivity index (χ4v) is 2.35. The lowest BCUT2D eigenvalue weighted by Crippen LogP contribution is -2.19. The number of nitrogens with two attached hydrogens (primary N) is 2. The predicted molar refractivity (Wildman–Crippen MR) is 80.4 cm³/mol. The topological polar surface area (TPSA) is 107 Å². The molecule has 3 aromatic rings. The molecular formula is C15H14N4O2. The van der Waals surface area contributed by atoms with E-state index in [0.29, 0.717) is 16.9 Å². The number of carbonyl (C=O) groups excluding carboxylic acids is 1. The highest BCUT2D eigenvalue weighted by atomic mass is 16.3. The molecule has 0 bridgehead atoms. The molecule has 21 heavy (non-hydrogen) atoms. The molecule has 0 saturated carbocycles. The third-order valence-electron chi connectivity index (χ3n) is 3.30. The summed E-state index contributed by atoms with van der Waals surface area (Å²) in [5.41, 5.74) is 13.3. The van der Waals surface area contributed by atoms with Crippen LogP contribution in [0, 0.1) is 0 Å². The van der Waals surface area contributed by atoms with Crippen molar-refractivity contribution in [2.24, 2.45) is 5.73 Å². The maximum absolute atomic E-state index is 11.1. The van der Waals surface area contributed by atoms with E-state index in [9.17, 15) is 9.90 Å². The number of hydrogen-bond donors (Lipinski definition) is 3. The lowest BCUT2D eigenvalue weighted by atomic mass is 10.0. The first-order valence-corrected chi connectivity index (χ1v) is 6.39. The summed E-state index contributed by atoms with van der Waals surface area (Å²) >= 11 is 0. The molecule has 0 atom stereocenters. The highest BCUT2D eigenvalue weighted by Crippen LogP contribution is 2.32. The van der Waals surface area contributed by atoms with E-state index in [2.05, 4.69) is 5.10 Å². The van der Waals surface area contributed by atoms with Gasteiger partial charge in [-0.2, -0.15) is 5.10 Å². The summed E-state index contributed by atoms with van der Waals surface area (Å²) in [6, 6.07) is 12.5. The van der Waals surface area contributed by atoms with E-state index in [1.165, 1.54) is 4.68 Å². The van der Waals surface area contributed by atoms with Crippen molar-refractivity contribution < 1.29 is 9.90 Å². The van der Waals surface area contributed by atoms with E-state index in [1.54, 1.807) is 12.1 Å².